The maximum Gasteiger partial charge on any atom is 0.119 e. The van der Waals surface area contributed by atoms with Gasteiger partial charge < -0.3 is 10.1 Å². The van der Waals surface area contributed by atoms with Gasteiger partial charge in [0.1, 0.15) is 5.75 Å². The first-order valence-electron chi connectivity index (χ1n) is 8.53. The lowest BCUT2D eigenvalue weighted by atomic mass is 10.1. The number of ether oxygens (including phenoxy) is 1. The molecule has 0 bridgehead atoms. The zero-order chi connectivity index (χ0) is 17.2. The SMILES string of the molecule is COc1ccc2nc(C)cc(-n3cc(CN4CCNCC4)nn3)c2c1. The summed E-state index contributed by atoms with van der Waals surface area (Å²) in [5.74, 6) is 0.806. The number of aryl methyl sites for hydroxylation is 1. The number of nitrogens with zero attached hydrogens (tertiary/aromatic N) is 5. The molecule has 0 aliphatic carbocycles. The number of hydrogen-bond donors (Lipinski definition) is 1. The predicted octanol–water partition coefficient (Wildman–Crippen LogP) is 1.54. The summed E-state index contributed by atoms with van der Waals surface area (Å²) >= 11 is 0. The number of piperazine rings is 1. The van der Waals surface area contributed by atoms with Crippen LogP contribution in [0.1, 0.15) is 11.4 Å². The highest BCUT2D eigenvalue weighted by Gasteiger charge is 2.14. The van der Waals surface area contributed by atoms with E-state index in [9.17, 15) is 0 Å². The van der Waals surface area contributed by atoms with Crippen LogP contribution >= 0.6 is 0 Å². The zero-order valence-corrected chi connectivity index (χ0v) is 14.6. The number of rotatable bonds is 4. The molecule has 130 valence electrons. The summed E-state index contributed by atoms with van der Waals surface area (Å²) in [4.78, 5) is 7.00. The van der Waals surface area contributed by atoms with Gasteiger partial charge in [-0.25, -0.2) is 4.68 Å². The summed E-state index contributed by atoms with van der Waals surface area (Å²) in [6.45, 7) is 6.96. The molecule has 1 N–H and O–H groups in total. The Morgan fingerprint density at radius 1 is 1.20 bits per heavy atom. The first kappa shape index (κ1) is 16.0. The Labute approximate surface area is 146 Å². The van der Waals surface area contributed by atoms with Crippen LogP contribution < -0.4 is 10.1 Å². The second-order valence-corrected chi connectivity index (χ2v) is 6.35. The molecule has 1 saturated heterocycles. The number of hydrogen-bond acceptors (Lipinski definition) is 6. The topological polar surface area (TPSA) is 68.1 Å². The number of aromatic nitrogens is 4. The summed E-state index contributed by atoms with van der Waals surface area (Å²) in [6, 6.07) is 7.93. The molecule has 7 nitrogen and oxygen atoms in total. The van der Waals surface area contributed by atoms with E-state index in [-0.39, 0.29) is 0 Å². The second-order valence-electron chi connectivity index (χ2n) is 6.35. The van der Waals surface area contributed by atoms with E-state index in [1.54, 1.807) is 7.11 Å². The summed E-state index contributed by atoms with van der Waals surface area (Å²) in [7, 11) is 1.67. The fourth-order valence-electron chi connectivity index (χ4n) is 3.22. The minimum absolute atomic E-state index is 0.806. The van der Waals surface area contributed by atoms with Gasteiger partial charge in [-0.2, -0.15) is 0 Å². The van der Waals surface area contributed by atoms with Crippen LogP contribution in [0.15, 0.2) is 30.5 Å². The molecule has 4 rings (SSSR count). The molecular weight excluding hydrogens is 316 g/mol. The molecule has 1 aliphatic heterocycles. The van der Waals surface area contributed by atoms with Crippen LogP contribution in [-0.2, 0) is 6.54 Å². The molecule has 0 radical (unpaired) electrons. The molecule has 2 aromatic heterocycles. The van der Waals surface area contributed by atoms with Gasteiger partial charge in [0.2, 0.25) is 0 Å². The lowest BCUT2D eigenvalue weighted by molar-refractivity contribution is 0.230. The van der Waals surface area contributed by atoms with Gasteiger partial charge in [-0.05, 0) is 31.2 Å². The Morgan fingerprint density at radius 3 is 2.84 bits per heavy atom. The van der Waals surface area contributed by atoms with Crippen LogP contribution in [0.5, 0.6) is 5.75 Å². The molecule has 0 amide bonds. The van der Waals surface area contributed by atoms with Gasteiger partial charge in [-0.3, -0.25) is 9.88 Å². The Balaban J connectivity index is 1.69. The number of fused-ring (bicyclic) bond motifs is 1. The predicted molar refractivity (Wildman–Crippen MR) is 96.1 cm³/mol. The van der Waals surface area contributed by atoms with Crippen molar-refractivity contribution in [2.75, 3.05) is 33.3 Å². The van der Waals surface area contributed by atoms with Gasteiger partial charge >= 0.3 is 0 Å². The molecule has 0 saturated carbocycles. The van der Waals surface area contributed by atoms with Crippen LogP contribution in [0.2, 0.25) is 0 Å². The Morgan fingerprint density at radius 2 is 2.04 bits per heavy atom. The quantitative estimate of drug-likeness (QED) is 0.778. The second kappa shape index (κ2) is 6.78. The fourth-order valence-corrected chi connectivity index (χ4v) is 3.22. The summed E-state index contributed by atoms with van der Waals surface area (Å²) in [5, 5.41) is 13.1. The van der Waals surface area contributed by atoms with Crippen molar-refractivity contribution in [3.05, 3.63) is 41.9 Å². The first-order valence-corrected chi connectivity index (χ1v) is 8.53. The number of methoxy groups -OCH3 is 1. The highest BCUT2D eigenvalue weighted by molar-refractivity contribution is 5.88. The molecule has 1 aromatic carbocycles. The molecule has 0 unspecified atom stereocenters. The smallest absolute Gasteiger partial charge is 0.119 e. The average Bonchev–Trinajstić information content (AvgIpc) is 3.10. The van der Waals surface area contributed by atoms with Gasteiger partial charge in [0, 0.05) is 43.8 Å². The lowest BCUT2D eigenvalue weighted by Gasteiger charge is -2.25. The summed E-state index contributed by atoms with van der Waals surface area (Å²) in [6.07, 6.45) is 2.01. The van der Waals surface area contributed by atoms with Gasteiger partial charge in [-0.1, -0.05) is 5.21 Å². The van der Waals surface area contributed by atoms with Gasteiger partial charge in [-0.15, -0.1) is 5.10 Å². The van der Waals surface area contributed by atoms with Crippen molar-refractivity contribution in [3.8, 4) is 11.4 Å². The Hall–Kier alpha value is -2.51. The van der Waals surface area contributed by atoms with E-state index in [1.165, 1.54) is 0 Å². The van der Waals surface area contributed by atoms with Crippen molar-refractivity contribution in [1.82, 2.24) is 30.2 Å². The van der Waals surface area contributed by atoms with Crippen molar-refractivity contribution >= 4 is 10.9 Å². The molecule has 25 heavy (non-hydrogen) atoms. The maximum absolute atomic E-state index is 5.36. The van der Waals surface area contributed by atoms with E-state index in [0.29, 0.717) is 0 Å². The average molecular weight is 338 g/mol. The van der Waals surface area contributed by atoms with Crippen molar-refractivity contribution in [3.63, 3.8) is 0 Å². The summed E-state index contributed by atoms with van der Waals surface area (Å²) in [5.41, 5.74) is 3.83. The lowest BCUT2D eigenvalue weighted by Crippen LogP contribution is -2.42. The number of benzene rings is 1. The zero-order valence-electron chi connectivity index (χ0n) is 14.6. The van der Waals surface area contributed by atoms with Crippen molar-refractivity contribution in [2.24, 2.45) is 0 Å². The standard InChI is InChI=1S/C18H22N6O/c1-13-9-18(16-10-15(25-2)3-4-17(16)20-13)24-12-14(21-22-24)11-23-7-5-19-6-8-23/h3-4,9-10,12,19H,5-8,11H2,1-2H3. The maximum atomic E-state index is 5.36. The molecular formula is C18H22N6O. The van der Waals surface area contributed by atoms with Crippen LogP contribution in [0.3, 0.4) is 0 Å². The molecule has 3 aromatic rings. The van der Waals surface area contributed by atoms with E-state index in [0.717, 1.165) is 66.5 Å². The van der Waals surface area contributed by atoms with E-state index < -0.39 is 0 Å². The number of pyridine rings is 1. The van der Waals surface area contributed by atoms with Crippen LogP contribution in [0.25, 0.3) is 16.6 Å². The van der Waals surface area contributed by atoms with E-state index >= 15 is 0 Å². The molecule has 1 aliphatic rings. The third kappa shape index (κ3) is 3.33. The third-order valence-electron chi connectivity index (χ3n) is 4.50. The molecule has 7 heteroatoms. The third-order valence-corrected chi connectivity index (χ3v) is 4.50. The minimum atomic E-state index is 0.806. The van der Waals surface area contributed by atoms with Gasteiger partial charge in [0.05, 0.1) is 30.2 Å². The normalized spacial score (nSPS) is 15.6. The molecule has 1 fully saturated rings. The van der Waals surface area contributed by atoms with Crippen LogP contribution in [0.4, 0.5) is 0 Å². The first-order chi connectivity index (χ1) is 12.2. The fraction of sp³-hybridized carbons (Fsp3) is 0.389. The molecule has 0 spiro atoms. The summed E-state index contributed by atoms with van der Waals surface area (Å²) < 4.78 is 7.20. The highest BCUT2D eigenvalue weighted by Crippen LogP contribution is 2.26. The highest BCUT2D eigenvalue weighted by atomic mass is 16.5. The van der Waals surface area contributed by atoms with Gasteiger partial charge in [0.25, 0.3) is 0 Å². The van der Waals surface area contributed by atoms with E-state index in [2.05, 4.69) is 25.5 Å². The molecule has 0 atom stereocenters. The Bertz CT molecular complexity index is 884. The van der Waals surface area contributed by atoms with Crippen molar-refractivity contribution in [1.29, 1.82) is 0 Å². The van der Waals surface area contributed by atoms with Crippen LogP contribution in [-0.4, -0.2) is 58.2 Å². The van der Waals surface area contributed by atoms with Gasteiger partial charge in [0.15, 0.2) is 0 Å². The largest absolute Gasteiger partial charge is 0.497 e. The molecule has 3 heterocycles. The van der Waals surface area contributed by atoms with Crippen molar-refractivity contribution < 1.29 is 4.74 Å². The van der Waals surface area contributed by atoms with Crippen LogP contribution in [0, 0.1) is 6.92 Å². The minimum Gasteiger partial charge on any atom is -0.497 e. The van der Waals surface area contributed by atoms with E-state index in [1.807, 2.05) is 42.1 Å². The number of nitrogens with one attached hydrogen (secondary N) is 1. The monoisotopic (exact) mass is 338 g/mol. The Kier molecular flexibility index (Phi) is 4.33. The van der Waals surface area contributed by atoms with E-state index in [4.69, 9.17) is 4.74 Å². The van der Waals surface area contributed by atoms with Crippen molar-refractivity contribution in [2.45, 2.75) is 13.5 Å².